The van der Waals surface area contributed by atoms with Crippen molar-refractivity contribution < 1.29 is 14.3 Å². The summed E-state index contributed by atoms with van der Waals surface area (Å²) >= 11 is 7.55. The number of primary amides is 1. The van der Waals surface area contributed by atoms with Gasteiger partial charge in [-0.2, -0.15) is 0 Å². The van der Waals surface area contributed by atoms with Gasteiger partial charge < -0.3 is 15.4 Å². The standard InChI is InChI=1S/C20H24ClN3O3S/c1-14-23-16(11-28-14)9-19(26)24-7-3-6-20(12-24,10-18(22)25)13-27-17-5-2-4-15(21)8-17/h2,4-5,8,11H,3,6-7,9-10,12-13H2,1H3,(H2,22,25)/t20-/m1/s1. The number of ether oxygens (including phenoxy) is 1. The van der Waals surface area contributed by atoms with Crippen LogP contribution in [0, 0.1) is 12.3 Å². The van der Waals surface area contributed by atoms with Gasteiger partial charge >= 0.3 is 0 Å². The number of carbonyl (C=O) groups excluding carboxylic acids is 2. The third kappa shape index (κ3) is 5.45. The van der Waals surface area contributed by atoms with E-state index in [1.54, 1.807) is 12.1 Å². The molecule has 0 saturated carbocycles. The minimum Gasteiger partial charge on any atom is -0.493 e. The third-order valence-corrected chi connectivity index (χ3v) is 5.96. The van der Waals surface area contributed by atoms with Crippen molar-refractivity contribution in [2.24, 2.45) is 11.1 Å². The molecule has 0 unspecified atom stereocenters. The average Bonchev–Trinajstić information content (AvgIpc) is 3.04. The zero-order chi connectivity index (χ0) is 20.1. The maximum Gasteiger partial charge on any atom is 0.228 e. The van der Waals surface area contributed by atoms with Crippen molar-refractivity contribution in [1.82, 2.24) is 9.88 Å². The molecule has 1 aromatic heterocycles. The predicted octanol–water partition coefficient (Wildman–Crippen LogP) is 3.21. The summed E-state index contributed by atoms with van der Waals surface area (Å²) in [5, 5.41) is 3.44. The lowest BCUT2D eigenvalue weighted by atomic mass is 9.77. The summed E-state index contributed by atoms with van der Waals surface area (Å²) in [4.78, 5) is 30.7. The Morgan fingerprint density at radius 3 is 2.93 bits per heavy atom. The Balaban J connectivity index is 1.70. The maximum absolute atomic E-state index is 12.8. The molecule has 0 radical (unpaired) electrons. The van der Waals surface area contributed by atoms with Crippen LogP contribution < -0.4 is 10.5 Å². The molecule has 1 aromatic carbocycles. The van der Waals surface area contributed by atoms with E-state index < -0.39 is 5.41 Å². The van der Waals surface area contributed by atoms with Crippen molar-refractivity contribution in [3.8, 4) is 5.75 Å². The number of amides is 2. The molecule has 28 heavy (non-hydrogen) atoms. The molecule has 2 N–H and O–H groups in total. The van der Waals surface area contributed by atoms with Crippen LogP contribution in [0.4, 0.5) is 0 Å². The number of likely N-dealkylation sites (tertiary alicyclic amines) is 1. The quantitative estimate of drug-likeness (QED) is 0.743. The number of carbonyl (C=O) groups is 2. The van der Waals surface area contributed by atoms with E-state index in [9.17, 15) is 9.59 Å². The molecule has 6 nitrogen and oxygen atoms in total. The van der Waals surface area contributed by atoms with Gasteiger partial charge in [-0.15, -0.1) is 11.3 Å². The number of nitrogens with two attached hydrogens (primary N) is 1. The SMILES string of the molecule is Cc1nc(CC(=O)N2CCC[C@@](COc3cccc(Cl)c3)(CC(N)=O)C2)cs1. The number of benzene rings is 1. The van der Waals surface area contributed by atoms with Gasteiger partial charge in [0.05, 0.1) is 23.7 Å². The van der Waals surface area contributed by atoms with Gasteiger partial charge in [0.1, 0.15) is 5.75 Å². The van der Waals surface area contributed by atoms with E-state index in [1.807, 2.05) is 29.3 Å². The van der Waals surface area contributed by atoms with E-state index in [0.717, 1.165) is 23.5 Å². The fourth-order valence-corrected chi connectivity index (χ4v) is 4.45. The molecule has 2 amide bonds. The van der Waals surface area contributed by atoms with Gasteiger partial charge in [-0.05, 0) is 38.0 Å². The second-order valence-electron chi connectivity index (χ2n) is 7.34. The van der Waals surface area contributed by atoms with Gasteiger partial charge in [0.15, 0.2) is 0 Å². The van der Waals surface area contributed by atoms with E-state index in [-0.39, 0.29) is 24.7 Å². The summed E-state index contributed by atoms with van der Waals surface area (Å²) in [7, 11) is 0. The first-order valence-corrected chi connectivity index (χ1v) is 10.5. The van der Waals surface area contributed by atoms with Crippen LogP contribution in [-0.2, 0) is 16.0 Å². The number of piperidine rings is 1. The van der Waals surface area contributed by atoms with Crippen LogP contribution in [0.5, 0.6) is 5.75 Å². The molecule has 1 fully saturated rings. The highest BCUT2D eigenvalue weighted by Gasteiger charge is 2.39. The number of rotatable bonds is 7. The molecular weight excluding hydrogens is 398 g/mol. The highest BCUT2D eigenvalue weighted by atomic mass is 35.5. The van der Waals surface area contributed by atoms with Crippen LogP contribution in [-0.4, -0.2) is 41.4 Å². The zero-order valence-electron chi connectivity index (χ0n) is 15.8. The van der Waals surface area contributed by atoms with E-state index in [2.05, 4.69) is 4.98 Å². The molecule has 3 rings (SSSR count). The normalized spacial score (nSPS) is 19.4. The Kier molecular flexibility index (Phi) is 6.57. The van der Waals surface area contributed by atoms with Crippen molar-refractivity contribution in [2.45, 2.75) is 32.6 Å². The molecule has 0 spiro atoms. The summed E-state index contributed by atoms with van der Waals surface area (Å²) in [6, 6.07) is 7.13. The number of hydrogen-bond acceptors (Lipinski definition) is 5. The summed E-state index contributed by atoms with van der Waals surface area (Å²) in [6.07, 6.45) is 2.02. The number of halogens is 1. The molecule has 2 heterocycles. The Morgan fingerprint density at radius 1 is 1.43 bits per heavy atom. The van der Waals surface area contributed by atoms with Crippen LogP contribution in [0.25, 0.3) is 0 Å². The molecule has 1 atom stereocenters. The first-order valence-electron chi connectivity index (χ1n) is 9.21. The lowest BCUT2D eigenvalue weighted by Crippen LogP contribution is -2.50. The summed E-state index contributed by atoms with van der Waals surface area (Å²) in [5.41, 5.74) is 5.81. The molecule has 2 aromatic rings. The number of thiazole rings is 1. The van der Waals surface area contributed by atoms with Crippen molar-refractivity contribution in [2.75, 3.05) is 19.7 Å². The molecular formula is C20H24ClN3O3S. The maximum atomic E-state index is 12.8. The number of nitrogens with zero attached hydrogens (tertiary/aromatic N) is 2. The highest BCUT2D eigenvalue weighted by Crippen LogP contribution is 2.35. The smallest absolute Gasteiger partial charge is 0.228 e. The lowest BCUT2D eigenvalue weighted by Gasteiger charge is -2.42. The number of aromatic nitrogens is 1. The van der Waals surface area contributed by atoms with E-state index >= 15 is 0 Å². The Labute approximate surface area is 173 Å². The molecule has 0 aliphatic carbocycles. The summed E-state index contributed by atoms with van der Waals surface area (Å²) < 4.78 is 5.94. The average molecular weight is 422 g/mol. The van der Waals surface area contributed by atoms with Gasteiger partial charge in [-0.1, -0.05) is 17.7 Å². The van der Waals surface area contributed by atoms with Crippen molar-refractivity contribution in [1.29, 1.82) is 0 Å². The second kappa shape index (κ2) is 8.92. The molecule has 1 aliphatic heterocycles. The van der Waals surface area contributed by atoms with Crippen LogP contribution in [0.2, 0.25) is 5.02 Å². The fourth-order valence-electron chi connectivity index (χ4n) is 3.65. The highest BCUT2D eigenvalue weighted by molar-refractivity contribution is 7.09. The largest absolute Gasteiger partial charge is 0.493 e. The van der Waals surface area contributed by atoms with Crippen molar-refractivity contribution in [3.05, 3.63) is 45.4 Å². The van der Waals surface area contributed by atoms with Crippen LogP contribution >= 0.6 is 22.9 Å². The Morgan fingerprint density at radius 2 is 2.25 bits per heavy atom. The van der Waals surface area contributed by atoms with Gasteiger partial charge in [0.25, 0.3) is 0 Å². The topological polar surface area (TPSA) is 85.5 Å². The zero-order valence-corrected chi connectivity index (χ0v) is 17.4. The van der Waals surface area contributed by atoms with E-state index in [0.29, 0.717) is 30.5 Å². The number of hydrogen-bond donors (Lipinski definition) is 1. The first kappa shape index (κ1) is 20.6. The van der Waals surface area contributed by atoms with Gasteiger partial charge in [0, 0.05) is 35.3 Å². The predicted molar refractivity (Wildman–Crippen MR) is 110 cm³/mol. The van der Waals surface area contributed by atoms with Gasteiger partial charge in [-0.25, -0.2) is 4.98 Å². The van der Waals surface area contributed by atoms with Gasteiger partial charge in [-0.3, -0.25) is 9.59 Å². The second-order valence-corrected chi connectivity index (χ2v) is 8.84. The molecule has 1 aliphatic rings. The Hall–Kier alpha value is -2.12. The minimum atomic E-state index is -0.500. The van der Waals surface area contributed by atoms with Crippen LogP contribution in [0.15, 0.2) is 29.6 Å². The van der Waals surface area contributed by atoms with E-state index in [4.69, 9.17) is 22.1 Å². The Bertz CT molecular complexity index is 857. The monoisotopic (exact) mass is 421 g/mol. The first-order chi connectivity index (χ1) is 13.3. The lowest BCUT2D eigenvalue weighted by molar-refractivity contribution is -0.136. The fraction of sp³-hybridized carbons (Fsp3) is 0.450. The molecule has 0 bridgehead atoms. The third-order valence-electron chi connectivity index (χ3n) is 4.90. The molecule has 8 heteroatoms. The molecule has 1 saturated heterocycles. The summed E-state index contributed by atoms with van der Waals surface area (Å²) in [6.45, 7) is 3.33. The number of aryl methyl sites for hydroxylation is 1. The summed E-state index contributed by atoms with van der Waals surface area (Å²) in [5.74, 6) is 0.262. The van der Waals surface area contributed by atoms with Crippen LogP contribution in [0.1, 0.15) is 30.0 Å². The van der Waals surface area contributed by atoms with Crippen LogP contribution in [0.3, 0.4) is 0 Å². The van der Waals surface area contributed by atoms with Crippen molar-refractivity contribution in [3.63, 3.8) is 0 Å². The molecule has 150 valence electrons. The van der Waals surface area contributed by atoms with E-state index in [1.165, 1.54) is 11.3 Å². The minimum absolute atomic E-state index is 0.0154. The van der Waals surface area contributed by atoms with Crippen molar-refractivity contribution >= 4 is 34.8 Å². The van der Waals surface area contributed by atoms with Gasteiger partial charge in [0.2, 0.25) is 11.8 Å².